The highest BCUT2D eigenvalue weighted by Crippen LogP contribution is 2.18. The standard InChI is InChI=1S/C10H15N5/c1-10(2,11)9-13-6-4-5-7(12-3)14-8(6)15-9/h4-5H,11H2,1-3H3,(H2,12,13,14,15). The summed E-state index contributed by atoms with van der Waals surface area (Å²) in [5, 5.41) is 2.97. The van der Waals surface area contributed by atoms with E-state index >= 15 is 0 Å². The normalized spacial score (nSPS) is 12.0. The van der Waals surface area contributed by atoms with E-state index in [0.717, 1.165) is 17.2 Å². The first-order valence-corrected chi connectivity index (χ1v) is 4.84. The van der Waals surface area contributed by atoms with E-state index in [1.165, 1.54) is 0 Å². The number of aromatic nitrogens is 3. The van der Waals surface area contributed by atoms with Crippen LogP contribution in [0.4, 0.5) is 5.82 Å². The summed E-state index contributed by atoms with van der Waals surface area (Å²) in [6.07, 6.45) is 0. The fraction of sp³-hybridized carbons (Fsp3) is 0.400. The number of hydrogen-bond donors (Lipinski definition) is 3. The number of nitrogens with one attached hydrogen (secondary N) is 2. The number of nitrogens with two attached hydrogens (primary N) is 1. The predicted octanol–water partition coefficient (Wildman–Crippen LogP) is 1.19. The molecular weight excluding hydrogens is 190 g/mol. The molecule has 0 bridgehead atoms. The topological polar surface area (TPSA) is 79.6 Å². The van der Waals surface area contributed by atoms with Crippen molar-refractivity contribution in [1.29, 1.82) is 0 Å². The molecular formula is C10H15N5. The van der Waals surface area contributed by atoms with Crippen LogP contribution in [0.3, 0.4) is 0 Å². The molecule has 0 atom stereocenters. The van der Waals surface area contributed by atoms with Gasteiger partial charge in [0, 0.05) is 7.05 Å². The molecule has 0 unspecified atom stereocenters. The molecule has 2 aromatic heterocycles. The number of H-pyrrole nitrogens is 1. The number of anilines is 1. The third-order valence-corrected chi connectivity index (χ3v) is 2.21. The molecule has 0 aliphatic rings. The van der Waals surface area contributed by atoms with Crippen molar-refractivity contribution in [2.24, 2.45) is 5.73 Å². The minimum Gasteiger partial charge on any atom is -0.373 e. The van der Waals surface area contributed by atoms with Crippen molar-refractivity contribution in [2.75, 3.05) is 12.4 Å². The van der Waals surface area contributed by atoms with E-state index in [1.807, 2.05) is 33.0 Å². The van der Waals surface area contributed by atoms with Gasteiger partial charge >= 0.3 is 0 Å². The molecule has 0 fully saturated rings. The summed E-state index contributed by atoms with van der Waals surface area (Å²) < 4.78 is 0. The van der Waals surface area contributed by atoms with Gasteiger partial charge in [0.1, 0.15) is 11.6 Å². The lowest BCUT2D eigenvalue weighted by atomic mass is 10.1. The lowest BCUT2D eigenvalue weighted by molar-refractivity contribution is 0.522. The van der Waals surface area contributed by atoms with Crippen LogP contribution >= 0.6 is 0 Å². The fourth-order valence-corrected chi connectivity index (χ4v) is 1.34. The maximum atomic E-state index is 5.95. The molecule has 2 aromatic rings. The number of fused-ring (bicyclic) bond motifs is 1. The van der Waals surface area contributed by atoms with Crippen LogP contribution in [0.15, 0.2) is 12.1 Å². The zero-order chi connectivity index (χ0) is 11.1. The predicted molar refractivity (Wildman–Crippen MR) is 60.6 cm³/mol. The number of pyridine rings is 1. The number of nitrogens with zero attached hydrogens (tertiary/aromatic N) is 2. The summed E-state index contributed by atoms with van der Waals surface area (Å²) in [5.41, 5.74) is 7.08. The van der Waals surface area contributed by atoms with E-state index in [0.29, 0.717) is 5.65 Å². The smallest absolute Gasteiger partial charge is 0.179 e. The summed E-state index contributed by atoms with van der Waals surface area (Å²) >= 11 is 0. The van der Waals surface area contributed by atoms with Crippen LogP contribution < -0.4 is 11.1 Å². The van der Waals surface area contributed by atoms with Gasteiger partial charge < -0.3 is 16.0 Å². The van der Waals surface area contributed by atoms with E-state index in [9.17, 15) is 0 Å². The van der Waals surface area contributed by atoms with Gasteiger partial charge in [0.05, 0.1) is 11.1 Å². The lowest BCUT2D eigenvalue weighted by Gasteiger charge is -2.13. The van der Waals surface area contributed by atoms with Gasteiger partial charge in [-0.15, -0.1) is 0 Å². The third kappa shape index (κ3) is 1.78. The van der Waals surface area contributed by atoms with Crippen LogP contribution in [-0.2, 0) is 5.54 Å². The molecule has 5 nitrogen and oxygen atoms in total. The molecule has 0 radical (unpaired) electrons. The third-order valence-electron chi connectivity index (χ3n) is 2.21. The van der Waals surface area contributed by atoms with Crippen molar-refractivity contribution >= 4 is 17.0 Å². The zero-order valence-corrected chi connectivity index (χ0v) is 9.13. The summed E-state index contributed by atoms with van der Waals surface area (Å²) in [5.74, 6) is 1.55. The molecule has 2 rings (SSSR count). The number of imidazole rings is 1. The van der Waals surface area contributed by atoms with Gasteiger partial charge in [-0.2, -0.15) is 0 Å². The van der Waals surface area contributed by atoms with E-state index in [2.05, 4.69) is 20.3 Å². The van der Waals surface area contributed by atoms with Gasteiger partial charge in [-0.25, -0.2) is 9.97 Å². The molecule has 80 valence electrons. The molecule has 2 heterocycles. The molecule has 0 spiro atoms. The molecule has 4 N–H and O–H groups in total. The second-order valence-electron chi connectivity index (χ2n) is 4.12. The van der Waals surface area contributed by atoms with E-state index < -0.39 is 5.54 Å². The Morgan fingerprint density at radius 1 is 1.33 bits per heavy atom. The summed E-state index contributed by atoms with van der Waals surface area (Å²) in [6, 6.07) is 3.84. The van der Waals surface area contributed by atoms with Gasteiger partial charge in [0.2, 0.25) is 0 Å². The van der Waals surface area contributed by atoms with Gasteiger partial charge in [0.25, 0.3) is 0 Å². The lowest BCUT2D eigenvalue weighted by Crippen LogP contribution is -2.30. The molecule has 0 saturated carbocycles. The van der Waals surface area contributed by atoms with Crippen LogP contribution in [0.5, 0.6) is 0 Å². The van der Waals surface area contributed by atoms with Gasteiger partial charge in [-0.1, -0.05) is 0 Å². The monoisotopic (exact) mass is 205 g/mol. The van der Waals surface area contributed by atoms with E-state index in [4.69, 9.17) is 5.73 Å². The Hall–Kier alpha value is -1.62. The second-order valence-corrected chi connectivity index (χ2v) is 4.12. The molecule has 0 aromatic carbocycles. The Labute approximate surface area is 88.1 Å². The van der Waals surface area contributed by atoms with Crippen molar-refractivity contribution in [3.63, 3.8) is 0 Å². The SMILES string of the molecule is CNc1ccc2[nH]c(C(C)(C)N)nc2n1. The minimum absolute atomic E-state index is 0.472. The summed E-state index contributed by atoms with van der Waals surface area (Å²) in [7, 11) is 1.83. The van der Waals surface area contributed by atoms with Crippen molar-refractivity contribution in [1.82, 2.24) is 15.0 Å². The summed E-state index contributed by atoms with van der Waals surface area (Å²) in [4.78, 5) is 11.8. The molecule has 5 heteroatoms. The Balaban J connectivity index is 2.56. The molecule has 0 saturated heterocycles. The fourth-order valence-electron chi connectivity index (χ4n) is 1.34. The van der Waals surface area contributed by atoms with Crippen LogP contribution in [0, 0.1) is 0 Å². The van der Waals surface area contributed by atoms with Crippen LogP contribution in [0.25, 0.3) is 11.2 Å². The van der Waals surface area contributed by atoms with Crippen LogP contribution in [0.2, 0.25) is 0 Å². The number of hydrogen-bond acceptors (Lipinski definition) is 4. The second kappa shape index (κ2) is 3.20. The Kier molecular flexibility index (Phi) is 2.12. The van der Waals surface area contributed by atoms with Crippen molar-refractivity contribution in [3.8, 4) is 0 Å². The Bertz CT molecular complexity index is 480. The number of rotatable bonds is 2. The van der Waals surface area contributed by atoms with Crippen LogP contribution in [-0.4, -0.2) is 22.0 Å². The largest absolute Gasteiger partial charge is 0.373 e. The maximum absolute atomic E-state index is 5.95. The highest BCUT2D eigenvalue weighted by atomic mass is 15.1. The molecule has 0 aliphatic heterocycles. The molecule has 15 heavy (non-hydrogen) atoms. The van der Waals surface area contributed by atoms with Gasteiger partial charge in [-0.3, -0.25) is 0 Å². The average molecular weight is 205 g/mol. The first-order chi connectivity index (χ1) is 7.00. The first-order valence-electron chi connectivity index (χ1n) is 4.84. The highest BCUT2D eigenvalue weighted by molar-refractivity contribution is 5.73. The Morgan fingerprint density at radius 2 is 2.07 bits per heavy atom. The van der Waals surface area contributed by atoms with E-state index in [-0.39, 0.29) is 0 Å². The summed E-state index contributed by atoms with van der Waals surface area (Å²) in [6.45, 7) is 3.81. The highest BCUT2D eigenvalue weighted by Gasteiger charge is 2.19. The van der Waals surface area contributed by atoms with Crippen LogP contribution in [0.1, 0.15) is 19.7 Å². The van der Waals surface area contributed by atoms with Gasteiger partial charge in [-0.05, 0) is 26.0 Å². The quantitative estimate of drug-likeness (QED) is 0.688. The van der Waals surface area contributed by atoms with Gasteiger partial charge in [0.15, 0.2) is 5.65 Å². The van der Waals surface area contributed by atoms with Crippen molar-refractivity contribution in [3.05, 3.63) is 18.0 Å². The molecule has 0 amide bonds. The number of aromatic amines is 1. The minimum atomic E-state index is -0.472. The zero-order valence-electron chi connectivity index (χ0n) is 9.13. The average Bonchev–Trinajstić information content (AvgIpc) is 2.59. The van der Waals surface area contributed by atoms with Crippen molar-refractivity contribution < 1.29 is 0 Å². The van der Waals surface area contributed by atoms with E-state index in [1.54, 1.807) is 0 Å². The Morgan fingerprint density at radius 3 is 2.67 bits per heavy atom. The van der Waals surface area contributed by atoms with Crippen molar-refractivity contribution in [2.45, 2.75) is 19.4 Å². The molecule has 0 aliphatic carbocycles. The maximum Gasteiger partial charge on any atom is 0.179 e. The first kappa shape index (κ1) is 9.92.